The average Bonchev–Trinajstić information content (AvgIpc) is 2.25. The molecule has 0 heterocycles. The minimum Gasteiger partial charge on any atom is -0.374 e. The fourth-order valence-corrected chi connectivity index (χ4v) is 1.67. The first-order valence-corrected chi connectivity index (χ1v) is 5.85. The van der Waals surface area contributed by atoms with Gasteiger partial charge in [0.2, 0.25) is 0 Å². The smallest absolute Gasteiger partial charge is 0.300 e. The molecular weight excluding hydrogens is 290 g/mol. The van der Waals surface area contributed by atoms with Gasteiger partial charge in [0, 0.05) is 11.6 Å². The van der Waals surface area contributed by atoms with Gasteiger partial charge in [0.25, 0.3) is 16.6 Å². The van der Waals surface area contributed by atoms with Crippen molar-refractivity contribution in [1.82, 2.24) is 0 Å². The Morgan fingerprint density at radius 3 is 2.10 bits per heavy atom. The van der Waals surface area contributed by atoms with Crippen LogP contribution in [0.25, 0.3) is 0 Å². The molecular formula is C11H12ClN3O5. The predicted molar refractivity (Wildman–Crippen MR) is 73.3 cm³/mol. The van der Waals surface area contributed by atoms with E-state index in [0.717, 1.165) is 12.1 Å². The number of non-ortho nitro benzene ring substituents is 1. The Balaban J connectivity index is 3.64. The number of anilines is 1. The van der Waals surface area contributed by atoms with Crippen LogP contribution in [0.2, 0.25) is 0 Å². The van der Waals surface area contributed by atoms with Gasteiger partial charge in [0.1, 0.15) is 5.69 Å². The van der Waals surface area contributed by atoms with Gasteiger partial charge in [-0.05, 0) is 32.4 Å². The van der Waals surface area contributed by atoms with Gasteiger partial charge in [-0.1, -0.05) is 0 Å². The van der Waals surface area contributed by atoms with Crippen molar-refractivity contribution in [2.45, 2.75) is 26.3 Å². The van der Waals surface area contributed by atoms with Gasteiger partial charge < -0.3 is 5.32 Å². The highest BCUT2D eigenvalue weighted by molar-refractivity contribution is 6.68. The lowest BCUT2D eigenvalue weighted by Crippen LogP contribution is -2.27. The second-order valence-electron chi connectivity index (χ2n) is 5.05. The highest BCUT2D eigenvalue weighted by Gasteiger charge is 2.29. The fraction of sp³-hybridized carbons (Fsp3) is 0.364. The zero-order chi connectivity index (χ0) is 15.7. The topological polar surface area (TPSA) is 115 Å². The number of carbonyl (C=O) groups excluding carboxylic acids is 1. The van der Waals surface area contributed by atoms with Crippen LogP contribution in [0, 0.1) is 20.2 Å². The molecule has 0 aliphatic heterocycles. The highest BCUT2D eigenvalue weighted by atomic mass is 35.5. The molecule has 0 aliphatic carbocycles. The van der Waals surface area contributed by atoms with Gasteiger partial charge in [0.05, 0.1) is 21.5 Å². The van der Waals surface area contributed by atoms with Crippen LogP contribution < -0.4 is 5.32 Å². The molecule has 1 N–H and O–H groups in total. The number of hydrogen-bond acceptors (Lipinski definition) is 6. The van der Waals surface area contributed by atoms with E-state index in [4.69, 9.17) is 11.6 Å². The van der Waals surface area contributed by atoms with Crippen LogP contribution >= 0.6 is 11.6 Å². The first-order chi connectivity index (χ1) is 9.03. The van der Waals surface area contributed by atoms with E-state index in [1.807, 2.05) is 0 Å². The monoisotopic (exact) mass is 301 g/mol. The largest absolute Gasteiger partial charge is 0.374 e. The molecule has 0 saturated heterocycles. The Morgan fingerprint density at radius 1 is 1.20 bits per heavy atom. The lowest BCUT2D eigenvalue weighted by atomic mass is 10.0. The molecule has 0 spiro atoms. The summed E-state index contributed by atoms with van der Waals surface area (Å²) in [6, 6.07) is 1.70. The molecule has 0 amide bonds. The van der Waals surface area contributed by atoms with Crippen molar-refractivity contribution in [3.8, 4) is 0 Å². The summed E-state index contributed by atoms with van der Waals surface area (Å²) in [4.78, 5) is 31.6. The van der Waals surface area contributed by atoms with Crippen LogP contribution in [0.1, 0.15) is 31.1 Å². The van der Waals surface area contributed by atoms with Gasteiger partial charge in [-0.3, -0.25) is 25.0 Å². The number of hydrogen-bond donors (Lipinski definition) is 1. The summed E-state index contributed by atoms with van der Waals surface area (Å²) in [6.45, 7) is 5.17. The SMILES string of the molecule is CC(C)(C)Nc1c(C(=O)Cl)cc([N+](=O)[O-])cc1[N+](=O)[O-]. The Labute approximate surface area is 119 Å². The van der Waals surface area contributed by atoms with Crippen molar-refractivity contribution in [1.29, 1.82) is 0 Å². The van der Waals surface area contributed by atoms with Crippen LogP contribution in [-0.4, -0.2) is 20.6 Å². The van der Waals surface area contributed by atoms with Crippen LogP contribution in [0.15, 0.2) is 12.1 Å². The van der Waals surface area contributed by atoms with E-state index in [2.05, 4.69) is 5.32 Å². The second kappa shape index (κ2) is 5.41. The molecule has 0 bridgehead atoms. The minimum absolute atomic E-state index is 0.131. The Hall–Kier alpha value is -2.22. The van der Waals surface area contributed by atoms with Crippen LogP contribution in [0.5, 0.6) is 0 Å². The molecule has 0 fully saturated rings. The molecule has 0 unspecified atom stereocenters. The number of nitro groups is 2. The number of nitrogens with zero attached hydrogens (tertiary/aromatic N) is 2. The Kier molecular flexibility index (Phi) is 4.29. The molecule has 0 atom stereocenters. The summed E-state index contributed by atoms with van der Waals surface area (Å²) in [6.07, 6.45) is 0. The highest BCUT2D eigenvalue weighted by Crippen LogP contribution is 2.35. The quantitative estimate of drug-likeness (QED) is 0.519. The van der Waals surface area contributed by atoms with Crippen molar-refractivity contribution < 1.29 is 14.6 Å². The lowest BCUT2D eigenvalue weighted by molar-refractivity contribution is -0.393. The van der Waals surface area contributed by atoms with Crippen molar-refractivity contribution in [2.24, 2.45) is 0 Å². The zero-order valence-electron chi connectivity index (χ0n) is 11.0. The van der Waals surface area contributed by atoms with Crippen molar-refractivity contribution in [3.05, 3.63) is 37.9 Å². The van der Waals surface area contributed by atoms with Gasteiger partial charge in [-0.25, -0.2) is 0 Å². The second-order valence-corrected chi connectivity index (χ2v) is 5.39. The summed E-state index contributed by atoms with van der Waals surface area (Å²) >= 11 is 5.37. The molecule has 1 aromatic rings. The van der Waals surface area contributed by atoms with Crippen LogP contribution in [0.4, 0.5) is 17.1 Å². The van der Waals surface area contributed by atoms with E-state index < -0.39 is 32.0 Å². The molecule has 0 saturated carbocycles. The van der Waals surface area contributed by atoms with E-state index in [-0.39, 0.29) is 11.3 Å². The van der Waals surface area contributed by atoms with E-state index in [0.29, 0.717) is 0 Å². The van der Waals surface area contributed by atoms with Crippen molar-refractivity contribution in [3.63, 3.8) is 0 Å². The lowest BCUT2D eigenvalue weighted by Gasteiger charge is -2.23. The van der Waals surface area contributed by atoms with E-state index in [1.165, 1.54) is 0 Å². The van der Waals surface area contributed by atoms with Gasteiger partial charge in [-0.2, -0.15) is 0 Å². The minimum atomic E-state index is -1.01. The standard InChI is InChI=1S/C11H12ClN3O5/c1-11(2,3)13-9-7(10(12)16)4-6(14(17)18)5-8(9)15(19)20/h4-5,13H,1-3H3. The van der Waals surface area contributed by atoms with E-state index >= 15 is 0 Å². The fourth-order valence-electron chi connectivity index (χ4n) is 1.52. The molecule has 9 heteroatoms. The number of nitrogens with one attached hydrogen (secondary N) is 1. The first kappa shape index (κ1) is 15.8. The maximum absolute atomic E-state index is 11.4. The third-order valence-electron chi connectivity index (χ3n) is 2.22. The Morgan fingerprint density at radius 2 is 1.75 bits per heavy atom. The summed E-state index contributed by atoms with van der Waals surface area (Å²) in [5.41, 5.74) is -2.17. The van der Waals surface area contributed by atoms with Crippen LogP contribution in [-0.2, 0) is 0 Å². The number of halogens is 1. The molecule has 1 aromatic carbocycles. The average molecular weight is 302 g/mol. The van der Waals surface area contributed by atoms with Crippen LogP contribution in [0.3, 0.4) is 0 Å². The molecule has 0 aromatic heterocycles. The van der Waals surface area contributed by atoms with Gasteiger partial charge in [-0.15, -0.1) is 0 Å². The third-order valence-corrected chi connectivity index (χ3v) is 2.43. The Bertz CT molecular complexity index is 559. The maximum Gasteiger partial charge on any atom is 0.300 e. The first-order valence-electron chi connectivity index (χ1n) is 5.48. The van der Waals surface area contributed by atoms with E-state index in [9.17, 15) is 25.0 Å². The molecule has 108 valence electrons. The molecule has 8 nitrogen and oxygen atoms in total. The van der Waals surface area contributed by atoms with Crippen molar-refractivity contribution >= 4 is 33.9 Å². The zero-order valence-corrected chi connectivity index (χ0v) is 11.7. The summed E-state index contributed by atoms with van der Waals surface area (Å²) < 4.78 is 0. The number of rotatable bonds is 4. The summed E-state index contributed by atoms with van der Waals surface area (Å²) in [5.74, 6) is 0. The molecule has 0 radical (unpaired) electrons. The molecule has 0 aliphatic rings. The van der Waals surface area contributed by atoms with Gasteiger partial charge in [0.15, 0.2) is 0 Å². The normalized spacial score (nSPS) is 11.0. The number of nitro benzene ring substituents is 2. The van der Waals surface area contributed by atoms with Gasteiger partial charge >= 0.3 is 0 Å². The molecule has 1 rings (SSSR count). The number of benzene rings is 1. The maximum atomic E-state index is 11.4. The van der Waals surface area contributed by atoms with Crippen molar-refractivity contribution in [2.75, 3.05) is 5.32 Å². The molecule has 20 heavy (non-hydrogen) atoms. The van der Waals surface area contributed by atoms with E-state index in [1.54, 1.807) is 20.8 Å². The summed E-state index contributed by atoms with van der Waals surface area (Å²) in [7, 11) is 0. The predicted octanol–water partition coefficient (Wildman–Crippen LogP) is 3.09. The third kappa shape index (κ3) is 3.64. The summed E-state index contributed by atoms with van der Waals surface area (Å²) in [5, 5.41) is 23.6. The number of carbonyl (C=O) groups is 1.